The third-order valence-electron chi connectivity index (χ3n) is 4.23. The number of methoxy groups -OCH3 is 1. The molecule has 2 aromatic carbocycles. The minimum atomic E-state index is -0.535. The minimum absolute atomic E-state index is 0.158. The van der Waals surface area contributed by atoms with E-state index in [9.17, 15) is 4.79 Å². The summed E-state index contributed by atoms with van der Waals surface area (Å²) in [5.41, 5.74) is 4.75. The first kappa shape index (κ1) is 19.6. The lowest BCUT2D eigenvalue weighted by Gasteiger charge is -2.14. The van der Waals surface area contributed by atoms with Crippen molar-refractivity contribution in [2.45, 2.75) is 26.8 Å². The van der Waals surface area contributed by atoms with Gasteiger partial charge in [-0.15, -0.1) is 5.10 Å². The molecule has 146 valence electrons. The number of hydrogen-bond donors (Lipinski definition) is 1. The van der Waals surface area contributed by atoms with Gasteiger partial charge >= 0.3 is 6.09 Å². The second-order valence-electron chi connectivity index (χ2n) is 6.76. The molecule has 0 fully saturated rings. The van der Waals surface area contributed by atoms with E-state index in [1.54, 1.807) is 24.1 Å². The molecule has 1 atom stereocenters. The SMILES string of the molecule is COCC(C)NC(=O)Oc1cc(-c2ccc(C)cc2)cc(-n2nncc2C)c1. The predicted octanol–water partition coefficient (Wildman–Crippen LogP) is 3.67. The quantitative estimate of drug-likeness (QED) is 0.706. The lowest BCUT2D eigenvalue weighted by molar-refractivity contribution is 0.159. The van der Waals surface area contributed by atoms with Crippen LogP contribution in [0, 0.1) is 13.8 Å². The van der Waals surface area contributed by atoms with Gasteiger partial charge in [-0.2, -0.15) is 0 Å². The monoisotopic (exact) mass is 380 g/mol. The molecule has 1 N–H and O–H groups in total. The molecule has 3 rings (SSSR count). The average molecular weight is 380 g/mol. The zero-order valence-electron chi connectivity index (χ0n) is 16.5. The van der Waals surface area contributed by atoms with Crippen LogP contribution in [0.2, 0.25) is 0 Å². The Hall–Kier alpha value is -3.19. The predicted molar refractivity (Wildman–Crippen MR) is 107 cm³/mol. The molecule has 0 saturated carbocycles. The van der Waals surface area contributed by atoms with Crippen LogP contribution in [0.15, 0.2) is 48.7 Å². The second-order valence-corrected chi connectivity index (χ2v) is 6.76. The van der Waals surface area contributed by atoms with E-state index in [1.165, 1.54) is 5.56 Å². The summed E-state index contributed by atoms with van der Waals surface area (Å²) in [5, 5.41) is 10.8. The lowest BCUT2D eigenvalue weighted by Crippen LogP contribution is -2.37. The summed E-state index contributed by atoms with van der Waals surface area (Å²) in [6.45, 7) is 6.21. The van der Waals surface area contributed by atoms with E-state index in [4.69, 9.17) is 9.47 Å². The summed E-state index contributed by atoms with van der Waals surface area (Å²) in [6.07, 6.45) is 1.14. The average Bonchev–Trinajstić information content (AvgIpc) is 3.08. The number of aromatic nitrogens is 3. The summed E-state index contributed by atoms with van der Waals surface area (Å²) in [5.74, 6) is 0.421. The molecule has 0 saturated heterocycles. The van der Waals surface area contributed by atoms with Crippen molar-refractivity contribution in [3.63, 3.8) is 0 Å². The normalized spacial score (nSPS) is 11.9. The Morgan fingerprint density at radius 1 is 1.14 bits per heavy atom. The fraction of sp³-hybridized carbons (Fsp3) is 0.286. The van der Waals surface area contributed by atoms with Crippen LogP contribution in [-0.4, -0.2) is 40.8 Å². The number of benzene rings is 2. The van der Waals surface area contributed by atoms with Gasteiger partial charge in [0.2, 0.25) is 0 Å². The minimum Gasteiger partial charge on any atom is -0.410 e. The Balaban J connectivity index is 1.94. The summed E-state index contributed by atoms with van der Waals surface area (Å²) >= 11 is 0. The van der Waals surface area contributed by atoms with E-state index >= 15 is 0 Å². The Labute approximate surface area is 164 Å². The first-order valence-corrected chi connectivity index (χ1v) is 9.03. The van der Waals surface area contributed by atoms with Gasteiger partial charge in [-0.3, -0.25) is 0 Å². The Morgan fingerprint density at radius 3 is 2.54 bits per heavy atom. The molecular formula is C21H24N4O3. The van der Waals surface area contributed by atoms with Gasteiger partial charge in [-0.1, -0.05) is 35.0 Å². The Kier molecular flexibility index (Phi) is 6.06. The number of aryl methyl sites for hydroxylation is 2. The molecule has 1 unspecified atom stereocenters. The number of rotatable bonds is 6. The summed E-state index contributed by atoms with van der Waals surface area (Å²) < 4.78 is 12.3. The van der Waals surface area contributed by atoms with E-state index in [0.29, 0.717) is 12.4 Å². The van der Waals surface area contributed by atoms with Gasteiger partial charge < -0.3 is 14.8 Å². The van der Waals surface area contributed by atoms with E-state index in [-0.39, 0.29) is 6.04 Å². The van der Waals surface area contributed by atoms with Crippen LogP contribution in [0.4, 0.5) is 4.79 Å². The maximum Gasteiger partial charge on any atom is 0.412 e. The van der Waals surface area contributed by atoms with Crippen molar-refractivity contribution in [2.24, 2.45) is 0 Å². The van der Waals surface area contributed by atoms with Gasteiger partial charge in [0.25, 0.3) is 0 Å². The van der Waals surface area contributed by atoms with Crippen molar-refractivity contribution in [1.29, 1.82) is 0 Å². The van der Waals surface area contributed by atoms with Crippen LogP contribution in [0.1, 0.15) is 18.2 Å². The van der Waals surface area contributed by atoms with E-state index in [1.807, 2.05) is 57.2 Å². The van der Waals surface area contributed by atoms with Crippen molar-refractivity contribution >= 4 is 6.09 Å². The van der Waals surface area contributed by atoms with Gasteiger partial charge in [0.1, 0.15) is 5.75 Å². The second kappa shape index (κ2) is 8.67. The van der Waals surface area contributed by atoms with Crippen LogP contribution < -0.4 is 10.1 Å². The van der Waals surface area contributed by atoms with E-state index < -0.39 is 6.09 Å². The van der Waals surface area contributed by atoms with Crippen LogP contribution in [0.25, 0.3) is 16.8 Å². The maximum atomic E-state index is 12.2. The number of nitrogens with one attached hydrogen (secondary N) is 1. The molecule has 1 amide bonds. The molecule has 0 spiro atoms. The lowest BCUT2D eigenvalue weighted by atomic mass is 10.0. The topological polar surface area (TPSA) is 78.3 Å². The highest BCUT2D eigenvalue weighted by atomic mass is 16.6. The molecular weight excluding hydrogens is 356 g/mol. The number of carbonyl (C=O) groups excluding carboxylic acids is 1. The smallest absolute Gasteiger partial charge is 0.410 e. The zero-order valence-corrected chi connectivity index (χ0v) is 16.5. The molecule has 3 aromatic rings. The summed E-state index contributed by atoms with van der Waals surface area (Å²) in [6, 6.07) is 13.6. The molecule has 28 heavy (non-hydrogen) atoms. The third-order valence-corrected chi connectivity index (χ3v) is 4.23. The highest BCUT2D eigenvalue weighted by Gasteiger charge is 2.13. The molecule has 1 heterocycles. The van der Waals surface area contributed by atoms with Gasteiger partial charge in [0, 0.05) is 13.2 Å². The third kappa shape index (κ3) is 4.75. The number of amides is 1. The number of nitrogens with zero attached hydrogens (tertiary/aromatic N) is 3. The van der Waals surface area contributed by atoms with Crippen molar-refractivity contribution in [2.75, 3.05) is 13.7 Å². The first-order chi connectivity index (χ1) is 13.5. The standard InChI is InChI=1S/C21H24N4O3/c1-14-5-7-17(8-6-14)18-9-19(25-16(3)12-22-24-25)11-20(10-18)28-21(26)23-15(2)13-27-4/h5-12,15H,13H2,1-4H3,(H,23,26). The number of carbonyl (C=O) groups is 1. The molecule has 0 bridgehead atoms. The number of hydrogen-bond acceptors (Lipinski definition) is 5. The largest absolute Gasteiger partial charge is 0.412 e. The maximum absolute atomic E-state index is 12.2. The molecule has 1 aromatic heterocycles. The Bertz CT molecular complexity index is 951. The highest BCUT2D eigenvalue weighted by Crippen LogP contribution is 2.28. The fourth-order valence-corrected chi connectivity index (χ4v) is 2.85. The number of ether oxygens (including phenoxy) is 2. The van der Waals surface area contributed by atoms with Crippen molar-refractivity contribution < 1.29 is 14.3 Å². The van der Waals surface area contributed by atoms with Crippen LogP contribution >= 0.6 is 0 Å². The zero-order chi connectivity index (χ0) is 20.1. The van der Waals surface area contributed by atoms with Crippen molar-refractivity contribution in [1.82, 2.24) is 20.3 Å². The van der Waals surface area contributed by atoms with Gasteiger partial charge in [0.05, 0.1) is 30.2 Å². The van der Waals surface area contributed by atoms with E-state index in [2.05, 4.69) is 15.6 Å². The summed E-state index contributed by atoms with van der Waals surface area (Å²) in [7, 11) is 1.58. The van der Waals surface area contributed by atoms with Crippen molar-refractivity contribution in [3.05, 3.63) is 59.9 Å². The highest BCUT2D eigenvalue weighted by molar-refractivity contribution is 5.74. The molecule has 7 heteroatoms. The first-order valence-electron chi connectivity index (χ1n) is 9.03. The van der Waals surface area contributed by atoms with Crippen molar-refractivity contribution in [3.8, 4) is 22.6 Å². The van der Waals surface area contributed by atoms with Gasteiger partial charge in [-0.25, -0.2) is 9.48 Å². The van der Waals surface area contributed by atoms with Crippen LogP contribution in [-0.2, 0) is 4.74 Å². The van der Waals surface area contributed by atoms with E-state index in [0.717, 1.165) is 22.5 Å². The molecule has 0 aliphatic rings. The molecule has 7 nitrogen and oxygen atoms in total. The fourth-order valence-electron chi connectivity index (χ4n) is 2.85. The molecule has 0 aliphatic carbocycles. The molecule has 0 radical (unpaired) electrons. The Morgan fingerprint density at radius 2 is 1.89 bits per heavy atom. The summed E-state index contributed by atoms with van der Waals surface area (Å²) in [4.78, 5) is 12.2. The van der Waals surface area contributed by atoms with Gasteiger partial charge in [-0.05, 0) is 44.0 Å². The van der Waals surface area contributed by atoms with Crippen LogP contribution in [0.5, 0.6) is 5.75 Å². The van der Waals surface area contributed by atoms with Crippen LogP contribution in [0.3, 0.4) is 0 Å². The van der Waals surface area contributed by atoms with Gasteiger partial charge in [0.15, 0.2) is 0 Å². The molecule has 0 aliphatic heterocycles.